The van der Waals surface area contributed by atoms with E-state index in [2.05, 4.69) is 82.7 Å². The maximum absolute atomic E-state index is 3.99. The second-order valence-corrected chi connectivity index (χ2v) is 6.89. The Morgan fingerprint density at radius 1 is 0.762 bits per heavy atom. The maximum atomic E-state index is 3.99. The summed E-state index contributed by atoms with van der Waals surface area (Å²) in [4.78, 5) is 0.413. The van der Waals surface area contributed by atoms with Gasteiger partial charge in [0.05, 0.1) is 0 Å². The molecule has 1 aliphatic rings. The Kier molecular flexibility index (Phi) is 3.31. The van der Waals surface area contributed by atoms with E-state index in [0.29, 0.717) is 10.7 Å². The van der Waals surface area contributed by atoms with Crippen LogP contribution in [0.3, 0.4) is 0 Å². The van der Waals surface area contributed by atoms with Gasteiger partial charge in [0.2, 0.25) is 0 Å². The van der Waals surface area contributed by atoms with Gasteiger partial charge in [0.25, 0.3) is 0 Å². The first-order chi connectivity index (χ1) is 10.3. The zero-order chi connectivity index (χ0) is 14.2. The average molecular weight is 337 g/mol. The van der Waals surface area contributed by atoms with Gasteiger partial charge in [0.1, 0.15) is 0 Å². The Hall–Kier alpha value is -1.60. The van der Waals surface area contributed by atoms with Crippen molar-refractivity contribution in [3.05, 3.63) is 83.4 Å². The molecule has 21 heavy (non-hydrogen) atoms. The fraction of sp³-hybridized carbons (Fsp3) is 0.200. The number of benzene rings is 3. The van der Waals surface area contributed by atoms with E-state index in [1.54, 1.807) is 0 Å². The number of alkyl halides is 1. The van der Waals surface area contributed by atoms with Crippen molar-refractivity contribution >= 4 is 26.7 Å². The van der Waals surface area contributed by atoms with E-state index in [-0.39, 0.29) is 0 Å². The second kappa shape index (κ2) is 5.31. The van der Waals surface area contributed by atoms with Crippen LogP contribution in [0.5, 0.6) is 0 Å². The molecule has 3 aromatic carbocycles. The molecule has 0 amide bonds. The van der Waals surface area contributed by atoms with Crippen molar-refractivity contribution in [3.8, 4) is 0 Å². The Morgan fingerprint density at radius 2 is 1.38 bits per heavy atom. The summed E-state index contributed by atoms with van der Waals surface area (Å²) in [5.74, 6) is 0.646. The Bertz CT molecular complexity index is 760. The first-order valence-corrected chi connectivity index (χ1v) is 8.43. The van der Waals surface area contributed by atoms with Crippen molar-refractivity contribution < 1.29 is 0 Å². The normalized spacial score (nSPS) is 16.0. The molecule has 0 nitrogen and oxygen atoms in total. The summed E-state index contributed by atoms with van der Waals surface area (Å²) in [7, 11) is 0. The average Bonchev–Trinajstić information content (AvgIpc) is 2.97. The molecule has 3 aromatic rings. The van der Waals surface area contributed by atoms with Crippen LogP contribution < -0.4 is 0 Å². The molecule has 0 saturated heterocycles. The third kappa shape index (κ3) is 2.30. The SMILES string of the molecule is BrC(c1cccc2ccccc12)C1Cc2ccccc2C1. The number of rotatable bonds is 2. The van der Waals surface area contributed by atoms with E-state index in [1.807, 2.05) is 0 Å². The molecule has 1 atom stereocenters. The highest BCUT2D eigenvalue weighted by molar-refractivity contribution is 9.09. The predicted molar refractivity (Wildman–Crippen MR) is 93.0 cm³/mol. The molecular weight excluding hydrogens is 320 g/mol. The lowest BCUT2D eigenvalue weighted by Crippen LogP contribution is -2.08. The molecule has 1 unspecified atom stereocenters. The van der Waals surface area contributed by atoms with Crippen LogP contribution in [-0.4, -0.2) is 0 Å². The zero-order valence-electron chi connectivity index (χ0n) is 11.8. The van der Waals surface area contributed by atoms with Gasteiger partial charge in [-0.05, 0) is 46.2 Å². The van der Waals surface area contributed by atoms with Crippen LogP contribution in [0, 0.1) is 5.92 Å². The number of halogens is 1. The van der Waals surface area contributed by atoms with Gasteiger partial charge in [-0.25, -0.2) is 0 Å². The molecule has 1 aliphatic carbocycles. The van der Waals surface area contributed by atoms with Crippen LogP contribution >= 0.6 is 15.9 Å². The van der Waals surface area contributed by atoms with Crippen molar-refractivity contribution in [1.82, 2.24) is 0 Å². The lowest BCUT2D eigenvalue weighted by atomic mass is 9.93. The minimum Gasteiger partial charge on any atom is -0.0835 e. The van der Waals surface area contributed by atoms with Gasteiger partial charge < -0.3 is 0 Å². The number of hydrogen-bond donors (Lipinski definition) is 0. The fourth-order valence-electron chi connectivity index (χ4n) is 3.54. The molecule has 0 spiro atoms. The van der Waals surface area contributed by atoms with Gasteiger partial charge in [0, 0.05) is 4.83 Å². The highest BCUT2D eigenvalue weighted by atomic mass is 79.9. The van der Waals surface area contributed by atoms with Crippen molar-refractivity contribution in [2.24, 2.45) is 5.92 Å². The van der Waals surface area contributed by atoms with Crippen LogP contribution in [0.4, 0.5) is 0 Å². The van der Waals surface area contributed by atoms with Crippen LogP contribution in [-0.2, 0) is 12.8 Å². The lowest BCUT2D eigenvalue weighted by Gasteiger charge is -2.19. The summed E-state index contributed by atoms with van der Waals surface area (Å²) in [6, 6.07) is 24.2. The quantitative estimate of drug-likeness (QED) is 0.527. The summed E-state index contributed by atoms with van der Waals surface area (Å²) >= 11 is 3.99. The molecule has 0 radical (unpaired) electrons. The van der Waals surface area contributed by atoms with Gasteiger partial charge in [0.15, 0.2) is 0 Å². The largest absolute Gasteiger partial charge is 0.0835 e. The van der Waals surface area contributed by atoms with Crippen LogP contribution in [0.2, 0.25) is 0 Å². The highest BCUT2D eigenvalue weighted by Gasteiger charge is 2.28. The third-order valence-electron chi connectivity index (χ3n) is 4.62. The summed E-state index contributed by atoms with van der Waals surface area (Å²) < 4.78 is 0. The Morgan fingerprint density at radius 3 is 2.14 bits per heavy atom. The van der Waals surface area contributed by atoms with E-state index in [9.17, 15) is 0 Å². The topological polar surface area (TPSA) is 0 Å². The summed E-state index contributed by atoms with van der Waals surface area (Å²) in [6.07, 6.45) is 2.35. The molecule has 0 aliphatic heterocycles. The van der Waals surface area contributed by atoms with Crippen molar-refractivity contribution in [1.29, 1.82) is 0 Å². The molecule has 0 N–H and O–H groups in total. The molecule has 0 fully saturated rings. The van der Waals surface area contributed by atoms with E-state index in [0.717, 1.165) is 0 Å². The van der Waals surface area contributed by atoms with Crippen molar-refractivity contribution in [3.63, 3.8) is 0 Å². The van der Waals surface area contributed by atoms with Crippen molar-refractivity contribution in [2.45, 2.75) is 17.7 Å². The predicted octanol–water partition coefficient (Wildman–Crippen LogP) is 5.69. The summed E-state index contributed by atoms with van der Waals surface area (Å²) in [6.45, 7) is 0. The molecule has 4 rings (SSSR count). The standard InChI is InChI=1S/C20H17Br/c21-20(17-12-15-7-1-2-8-16(15)13-17)19-11-5-9-14-6-3-4-10-18(14)19/h1-11,17,20H,12-13H2. The van der Waals surface area contributed by atoms with E-state index < -0.39 is 0 Å². The smallest absolute Gasteiger partial charge is 0.0436 e. The van der Waals surface area contributed by atoms with Gasteiger partial charge in [-0.2, -0.15) is 0 Å². The molecule has 0 saturated carbocycles. The van der Waals surface area contributed by atoms with Crippen LogP contribution in [0.15, 0.2) is 66.7 Å². The fourth-order valence-corrected chi connectivity index (χ4v) is 4.32. The number of fused-ring (bicyclic) bond motifs is 2. The monoisotopic (exact) mass is 336 g/mol. The van der Waals surface area contributed by atoms with Gasteiger partial charge in [-0.3, -0.25) is 0 Å². The van der Waals surface area contributed by atoms with E-state index in [1.165, 1.54) is 40.3 Å². The van der Waals surface area contributed by atoms with Crippen molar-refractivity contribution in [2.75, 3.05) is 0 Å². The number of hydrogen-bond acceptors (Lipinski definition) is 0. The van der Waals surface area contributed by atoms with Gasteiger partial charge >= 0.3 is 0 Å². The molecule has 0 heterocycles. The minimum absolute atomic E-state index is 0.413. The molecule has 104 valence electrons. The lowest BCUT2D eigenvalue weighted by molar-refractivity contribution is 0.556. The maximum Gasteiger partial charge on any atom is 0.0436 e. The molecule has 0 bridgehead atoms. The van der Waals surface area contributed by atoms with Gasteiger partial charge in [-0.1, -0.05) is 82.7 Å². The second-order valence-electron chi connectivity index (χ2n) is 5.91. The molecule has 1 heteroatoms. The van der Waals surface area contributed by atoms with E-state index >= 15 is 0 Å². The minimum atomic E-state index is 0.413. The first kappa shape index (κ1) is 13.1. The highest BCUT2D eigenvalue weighted by Crippen LogP contribution is 2.42. The molecule has 0 aromatic heterocycles. The Balaban J connectivity index is 1.71. The van der Waals surface area contributed by atoms with Gasteiger partial charge in [-0.15, -0.1) is 0 Å². The summed E-state index contributed by atoms with van der Waals surface area (Å²) in [5.41, 5.74) is 4.46. The Labute approximate surface area is 133 Å². The third-order valence-corrected chi connectivity index (χ3v) is 5.86. The van der Waals surface area contributed by atoms with Crippen LogP contribution in [0.25, 0.3) is 10.8 Å². The zero-order valence-corrected chi connectivity index (χ0v) is 13.4. The van der Waals surface area contributed by atoms with E-state index in [4.69, 9.17) is 0 Å². The van der Waals surface area contributed by atoms with Crippen LogP contribution in [0.1, 0.15) is 21.5 Å². The first-order valence-electron chi connectivity index (χ1n) is 7.51. The molecular formula is C20H17Br. The summed E-state index contributed by atoms with van der Waals surface area (Å²) in [5, 5.41) is 2.70.